The molecule has 9 heteroatoms. The highest BCUT2D eigenvalue weighted by molar-refractivity contribution is 6.31. The highest BCUT2D eigenvalue weighted by atomic mass is 35.5. The van der Waals surface area contributed by atoms with Crippen LogP contribution in [0.2, 0.25) is 5.02 Å². The minimum atomic E-state index is -4.50. The molecular formula is C15H13Cl2F3N4. The van der Waals surface area contributed by atoms with Crippen molar-refractivity contribution in [1.29, 1.82) is 0 Å². The van der Waals surface area contributed by atoms with Gasteiger partial charge >= 0.3 is 6.18 Å². The first-order valence-corrected chi connectivity index (χ1v) is 7.10. The molecule has 0 N–H and O–H groups in total. The molecule has 0 aliphatic heterocycles. The molecule has 24 heavy (non-hydrogen) atoms. The Bertz CT molecular complexity index is 839. The first kappa shape index (κ1) is 18.4. The van der Waals surface area contributed by atoms with Gasteiger partial charge in [0.25, 0.3) is 0 Å². The van der Waals surface area contributed by atoms with E-state index in [1.807, 2.05) is 17.7 Å². The zero-order chi connectivity index (χ0) is 16.6. The molecule has 4 nitrogen and oxygen atoms in total. The van der Waals surface area contributed by atoms with Gasteiger partial charge in [-0.2, -0.15) is 13.2 Å². The smallest absolute Gasteiger partial charge is 0.329 e. The molecule has 128 valence electrons. The van der Waals surface area contributed by atoms with Gasteiger partial charge in [-0.15, -0.1) is 12.4 Å². The molecule has 1 aromatic carbocycles. The number of aryl methyl sites for hydroxylation is 1. The third-order valence-electron chi connectivity index (χ3n) is 3.45. The summed E-state index contributed by atoms with van der Waals surface area (Å²) in [5.41, 5.74) is 0.204. The quantitative estimate of drug-likeness (QED) is 0.673. The summed E-state index contributed by atoms with van der Waals surface area (Å²) in [5, 5.41) is -0.323. The van der Waals surface area contributed by atoms with Crippen LogP contribution in [0.4, 0.5) is 13.2 Å². The predicted molar refractivity (Wildman–Crippen MR) is 86.9 cm³/mol. The first-order chi connectivity index (χ1) is 10.8. The van der Waals surface area contributed by atoms with Crippen LogP contribution in [-0.4, -0.2) is 19.1 Å². The van der Waals surface area contributed by atoms with E-state index in [-0.39, 0.29) is 17.4 Å². The van der Waals surface area contributed by atoms with Gasteiger partial charge in [0, 0.05) is 24.3 Å². The summed E-state index contributed by atoms with van der Waals surface area (Å²) in [6, 6.07) is 3.77. The van der Waals surface area contributed by atoms with Crippen molar-refractivity contribution in [3.63, 3.8) is 0 Å². The third-order valence-corrected chi connectivity index (χ3v) is 3.78. The molecule has 0 saturated carbocycles. The Kier molecular flexibility index (Phi) is 5.25. The minimum Gasteiger partial charge on any atom is -0.329 e. The van der Waals surface area contributed by atoms with Gasteiger partial charge in [0.1, 0.15) is 5.82 Å². The number of nitrogens with zero attached hydrogens (tertiary/aromatic N) is 4. The molecule has 0 aliphatic rings. The maximum atomic E-state index is 12.9. The average molecular weight is 377 g/mol. The molecular weight excluding hydrogens is 364 g/mol. The Hall–Kier alpha value is -1.99. The summed E-state index contributed by atoms with van der Waals surface area (Å²) in [4.78, 5) is 8.34. The van der Waals surface area contributed by atoms with Gasteiger partial charge in [-0.3, -0.25) is 0 Å². The fourth-order valence-corrected chi connectivity index (χ4v) is 2.45. The monoisotopic (exact) mass is 376 g/mol. The normalized spacial score (nSPS) is 11.4. The summed E-state index contributed by atoms with van der Waals surface area (Å²) in [7, 11) is 0. The number of alkyl halides is 3. The summed E-state index contributed by atoms with van der Waals surface area (Å²) in [6.07, 6.45) is 2.16. The third kappa shape index (κ3) is 3.73. The number of benzene rings is 1. The second-order valence-corrected chi connectivity index (χ2v) is 5.44. The van der Waals surface area contributed by atoms with Gasteiger partial charge in [0.05, 0.1) is 29.2 Å². The van der Waals surface area contributed by atoms with Crippen LogP contribution in [0.25, 0.3) is 5.69 Å². The highest BCUT2D eigenvalue weighted by Crippen LogP contribution is 2.35. The summed E-state index contributed by atoms with van der Waals surface area (Å²) in [5.74, 6) is 0.838. The molecule has 0 radical (unpaired) electrons. The molecule has 3 rings (SSSR count). The van der Waals surface area contributed by atoms with Crippen LogP contribution in [0.1, 0.15) is 17.1 Å². The fraction of sp³-hybridized carbons (Fsp3) is 0.200. The lowest BCUT2D eigenvalue weighted by molar-refractivity contribution is -0.137. The molecule has 3 aromatic rings. The van der Waals surface area contributed by atoms with Crippen LogP contribution >= 0.6 is 24.0 Å². The molecule has 0 atom stereocenters. The van der Waals surface area contributed by atoms with Gasteiger partial charge < -0.3 is 9.13 Å². The van der Waals surface area contributed by atoms with Gasteiger partial charge in [0.2, 0.25) is 0 Å². The molecule has 2 heterocycles. The molecule has 0 spiro atoms. The Morgan fingerprint density at radius 3 is 2.58 bits per heavy atom. The van der Waals surface area contributed by atoms with Crippen molar-refractivity contribution < 1.29 is 13.2 Å². The number of hydrogen-bond acceptors (Lipinski definition) is 2. The van der Waals surface area contributed by atoms with E-state index in [1.165, 1.54) is 23.0 Å². The summed E-state index contributed by atoms with van der Waals surface area (Å²) < 4.78 is 42.2. The molecule has 0 saturated heterocycles. The van der Waals surface area contributed by atoms with Crippen LogP contribution < -0.4 is 0 Å². The van der Waals surface area contributed by atoms with Crippen molar-refractivity contribution in [2.75, 3.05) is 0 Å². The number of rotatable bonds is 3. The van der Waals surface area contributed by atoms with Crippen LogP contribution in [0.3, 0.4) is 0 Å². The highest BCUT2D eigenvalue weighted by Gasteiger charge is 2.33. The average Bonchev–Trinajstić information content (AvgIpc) is 3.09. The zero-order valence-electron chi connectivity index (χ0n) is 12.5. The molecule has 0 bridgehead atoms. The SMILES string of the molecule is Cc1nccn1Cc1cn(-c2ccc(Cl)c(C(F)(F)F)c2)cn1.Cl. The first-order valence-electron chi connectivity index (χ1n) is 6.72. The van der Waals surface area contributed by atoms with Gasteiger partial charge in [-0.05, 0) is 25.1 Å². The number of aromatic nitrogens is 4. The second-order valence-electron chi connectivity index (χ2n) is 5.04. The lowest BCUT2D eigenvalue weighted by Gasteiger charge is -2.11. The topological polar surface area (TPSA) is 35.6 Å². The molecule has 0 aliphatic carbocycles. The van der Waals surface area contributed by atoms with E-state index in [9.17, 15) is 13.2 Å². The maximum absolute atomic E-state index is 12.9. The number of halogens is 5. The van der Waals surface area contributed by atoms with Crippen LogP contribution in [0.5, 0.6) is 0 Å². The zero-order valence-corrected chi connectivity index (χ0v) is 14.0. The van der Waals surface area contributed by atoms with Crippen LogP contribution in [0, 0.1) is 6.92 Å². The number of imidazole rings is 2. The summed E-state index contributed by atoms with van der Waals surface area (Å²) >= 11 is 5.63. The Morgan fingerprint density at radius 1 is 1.21 bits per heavy atom. The van der Waals surface area contributed by atoms with E-state index >= 15 is 0 Å². The molecule has 0 unspecified atom stereocenters. The molecule has 0 amide bonds. The van der Waals surface area contributed by atoms with Crippen molar-refractivity contribution in [2.45, 2.75) is 19.6 Å². The lowest BCUT2D eigenvalue weighted by atomic mass is 10.2. The second kappa shape index (κ2) is 6.86. The van der Waals surface area contributed by atoms with Gasteiger partial charge in [-0.1, -0.05) is 11.6 Å². The maximum Gasteiger partial charge on any atom is 0.417 e. The summed E-state index contributed by atoms with van der Waals surface area (Å²) in [6.45, 7) is 2.37. The van der Waals surface area contributed by atoms with E-state index in [1.54, 1.807) is 12.4 Å². The van der Waals surface area contributed by atoms with E-state index in [0.717, 1.165) is 17.6 Å². The van der Waals surface area contributed by atoms with Crippen molar-refractivity contribution in [1.82, 2.24) is 19.1 Å². The van der Waals surface area contributed by atoms with Gasteiger partial charge in [0.15, 0.2) is 0 Å². The molecule has 2 aromatic heterocycles. The van der Waals surface area contributed by atoms with Crippen molar-refractivity contribution in [2.24, 2.45) is 0 Å². The number of hydrogen-bond donors (Lipinski definition) is 0. The van der Waals surface area contributed by atoms with E-state index in [2.05, 4.69) is 9.97 Å². The van der Waals surface area contributed by atoms with E-state index in [0.29, 0.717) is 12.2 Å². The Balaban J connectivity index is 0.00000208. The molecule has 0 fully saturated rings. The minimum absolute atomic E-state index is 0. The Labute approximate surface area is 147 Å². The van der Waals surface area contributed by atoms with Crippen LogP contribution in [-0.2, 0) is 12.7 Å². The largest absolute Gasteiger partial charge is 0.417 e. The predicted octanol–water partition coefficient (Wildman–Crippen LogP) is 4.52. The van der Waals surface area contributed by atoms with Crippen molar-refractivity contribution >= 4 is 24.0 Å². The van der Waals surface area contributed by atoms with Crippen molar-refractivity contribution in [3.8, 4) is 5.69 Å². The van der Waals surface area contributed by atoms with Gasteiger partial charge in [-0.25, -0.2) is 9.97 Å². The fourth-order valence-electron chi connectivity index (χ4n) is 2.22. The van der Waals surface area contributed by atoms with E-state index < -0.39 is 11.7 Å². The standard InChI is InChI=1S/C15H12ClF3N4.ClH/c1-10-20-4-5-22(10)7-11-8-23(9-21-11)12-2-3-14(16)13(6-12)15(17,18)19;/h2-6,8-9H,7H2,1H3;1H. The van der Waals surface area contributed by atoms with Crippen molar-refractivity contribution in [3.05, 3.63) is 65.2 Å². The van der Waals surface area contributed by atoms with E-state index in [4.69, 9.17) is 11.6 Å². The van der Waals surface area contributed by atoms with Crippen LogP contribution in [0.15, 0.2) is 43.1 Å². The Morgan fingerprint density at radius 2 is 1.96 bits per heavy atom. The lowest BCUT2D eigenvalue weighted by Crippen LogP contribution is -2.07.